The summed E-state index contributed by atoms with van der Waals surface area (Å²) in [5.41, 5.74) is 1.91. The normalized spacial score (nSPS) is 17.7. The molecule has 0 aliphatic carbocycles. The van der Waals surface area contributed by atoms with Gasteiger partial charge in [-0.2, -0.15) is 0 Å². The van der Waals surface area contributed by atoms with Crippen molar-refractivity contribution in [2.45, 2.75) is 19.5 Å². The predicted octanol–water partition coefficient (Wildman–Crippen LogP) is 2.57. The molecule has 2 aromatic rings. The van der Waals surface area contributed by atoms with Gasteiger partial charge in [-0.15, -0.1) is 0 Å². The van der Waals surface area contributed by atoms with Crippen molar-refractivity contribution in [1.82, 2.24) is 9.80 Å². The van der Waals surface area contributed by atoms with Crippen molar-refractivity contribution in [2.24, 2.45) is 0 Å². The number of carbonyl (C=O) groups is 1. The molecule has 0 radical (unpaired) electrons. The number of fused-ring (bicyclic) bond motifs is 1. The Kier molecular flexibility index (Phi) is 5.87. The minimum absolute atomic E-state index is 0.0151. The van der Waals surface area contributed by atoms with E-state index in [0.29, 0.717) is 18.2 Å². The van der Waals surface area contributed by atoms with Crippen LogP contribution in [0.4, 0.5) is 5.69 Å². The lowest BCUT2D eigenvalue weighted by Crippen LogP contribution is -2.52. The van der Waals surface area contributed by atoms with Crippen molar-refractivity contribution in [3.8, 4) is 17.2 Å². The zero-order chi connectivity index (χ0) is 20.2. The van der Waals surface area contributed by atoms with Crippen LogP contribution in [0.25, 0.3) is 0 Å². The summed E-state index contributed by atoms with van der Waals surface area (Å²) in [7, 11) is 1.60. The van der Waals surface area contributed by atoms with E-state index in [-0.39, 0.29) is 11.9 Å². The molecular formula is C22H27N3O4. The number of benzene rings is 2. The summed E-state index contributed by atoms with van der Waals surface area (Å²) in [6.07, 6.45) is 0. The van der Waals surface area contributed by atoms with Crippen molar-refractivity contribution in [3.63, 3.8) is 0 Å². The van der Waals surface area contributed by atoms with Crippen LogP contribution < -0.4 is 19.5 Å². The highest BCUT2D eigenvalue weighted by Crippen LogP contribution is 2.33. The monoisotopic (exact) mass is 397 g/mol. The van der Waals surface area contributed by atoms with Gasteiger partial charge < -0.3 is 19.5 Å². The van der Waals surface area contributed by atoms with Gasteiger partial charge in [0, 0.05) is 32.7 Å². The van der Waals surface area contributed by atoms with Crippen LogP contribution >= 0.6 is 0 Å². The van der Waals surface area contributed by atoms with E-state index in [1.165, 1.54) is 5.56 Å². The second kappa shape index (κ2) is 8.71. The summed E-state index contributed by atoms with van der Waals surface area (Å²) in [6, 6.07) is 13.4. The summed E-state index contributed by atoms with van der Waals surface area (Å²) in [6.45, 7) is 6.66. The molecule has 7 nitrogen and oxygen atoms in total. The topological polar surface area (TPSA) is 63.3 Å². The third-order valence-corrected chi connectivity index (χ3v) is 5.54. The largest absolute Gasteiger partial charge is 0.495 e. The highest BCUT2D eigenvalue weighted by atomic mass is 16.7. The second-order valence-electron chi connectivity index (χ2n) is 7.37. The number of methoxy groups -OCH3 is 1. The van der Waals surface area contributed by atoms with Crippen LogP contribution in [-0.2, 0) is 11.3 Å². The first-order valence-electron chi connectivity index (χ1n) is 9.93. The molecule has 0 spiro atoms. The van der Waals surface area contributed by atoms with Gasteiger partial charge in [0.1, 0.15) is 5.75 Å². The number of hydrogen-bond donors (Lipinski definition) is 1. The Morgan fingerprint density at radius 3 is 2.66 bits per heavy atom. The molecule has 1 atom stereocenters. The minimum atomic E-state index is -0.201. The molecule has 0 saturated carbocycles. The number of ether oxygens (including phenoxy) is 3. The van der Waals surface area contributed by atoms with E-state index in [4.69, 9.17) is 14.2 Å². The van der Waals surface area contributed by atoms with Gasteiger partial charge in [0.15, 0.2) is 11.5 Å². The lowest BCUT2D eigenvalue weighted by Gasteiger charge is -2.37. The van der Waals surface area contributed by atoms with E-state index >= 15 is 0 Å². The SMILES string of the molecule is COc1ccccc1NC(=O)[C@@H](C)N1CCN(Cc2ccc3c(c2)OCO3)CC1. The number of nitrogens with zero attached hydrogens (tertiary/aromatic N) is 2. The van der Waals surface area contributed by atoms with Crippen LogP contribution in [0.3, 0.4) is 0 Å². The molecule has 2 aromatic carbocycles. The molecule has 4 rings (SSSR count). The molecule has 0 bridgehead atoms. The van der Waals surface area contributed by atoms with Gasteiger partial charge in [0.05, 0.1) is 18.8 Å². The van der Waals surface area contributed by atoms with Gasteiger partial charge in [-0.3, -0.25) is 14.6 Å². The van der Waals surface area contributed by atoms with Gasteiger partial charge >= 0.3 is 0 Å². The van der Waals surface area contributed by atoms with Crippen molar-refractivity contribution in [3.05, 3.63) is 48.0 Å². The Balaban J connectivity index is 1.29. The van der Waals surface area contributed by atoms with Crippen LogP contribution in [-0.4, -0.2) is 61.8 Å². The smallest absolute Gasteiger partial charge is 0.241 e. The Morgan fingerprint density at radius 1 is 1.10 bits per heavy atom. The fourth-order valence-corrected chi connectivity index (χ4v) is 3.76. The number of hydrogen-bond acceptors (Lipinski definition) is 6. The average Bonchev–Trinajstić information content (AvgIpc) is 3.22. The van der Waals surface area contributed by atoms with E-state index in [1.807, 2.05) is 37.3 Å². The van der Waals surface area contributed by atoms with Crippen molar-refractivity contribution in [2.75, 3.05) is 45.4 Å². The first-order valence-corrected chi connectivity index (χ1v) is 9.93. The Morgan fingerprint density at radius 2 is 1.86 bits per heavy atom. The number of rotatable bonds is 6. The quantitative estimate of drug-likeness (QED) is 0.808. The Labute approximate surface area is 171 Å². The second-order valence-corrected chi connectivity index (χ2v) is 7.37. The number of piperazine rings is 1. The minimum Gasteiger partial charge on any atom is -0.495 e. The molecule has 2 aliphatic heterocycles. The zero-order valence-electron chi connectivity index (χ0n) is 16.9. The highest BCUT2D eigenvalue weighted by molar-refractivity contribution is 5.95. The van der Waals surface area contributed by atoms with Crippen molar-refractivity contribution < 1.29 is 19.0 Å². The molecule has 1 N–H and O–H groups in total. The maximum atomic E-state index is 12.7. The van der Waals surface area contributed by atoms with Gasteiger partial charge in [-0.05, 0) is 36.8 Å². The lowest BCUT2D eigenvalue weighted by molar-refractivity contribution is -0.121. The van der Waals surface area contributed by atoms with Crippen molar-refractivity contribution >= 4 is 11.6 Å². The van der Waals surface area contributed by atoms with Crippen LogP contribution in [0.1, 0.15) is 12.5 Å². The van der Waals surface area contributed by atoms with E-state index in [1.54, 1.807) is 7.11 Å². The molecule has 0 aromatic heterocycles. The van der Waals surface area contributed by atoms with E-state index in [2.05, 4.69) is 27.2 Å². The summed E-state index contributed by atoms with van der Waals surface area (Å²) >= 11 is 0. The molecule has 1 saturated heterocycles. The maximum Gasteiger partial charge on any atom is 0.241 e. The standard InChI is InChI=1S/C22H27N3O4/c1-16(22(26)23-18-5-3-4-6-19(18)27-2)25-11-9-24(10-12-25)14-17-7-8-20-21(13-17)29-15-28-20/h3-8,13,16H,9-12,14-15H2,1-2H3,(H,23,26)/t16-/m1/s1. The first kappa shape index (κ1) is 19.5. The molecule has 0 unspecified atom stereocenters. The highest BCUT2D eigenvalue weighted by Gasteiger charge is 2.26. The molecule has 154 valence electrons. The molecule has 1 fully saturated rings. The number of para-hydroxylation sites is 2. The average molecular weight is 397 g/mol. The Bertz CT molecular complexity index is 865. The van der Waals surface area contributed by atoms with Crippen LogP contribution in [0.15, 0.2) is 42.5 Å². The molecule has 2 aliphatic rings. The van der Waals surface area contributed by atoms with E-state index < -0.39 is 0 Å². The van der Waals surface area contributed by atoms with Crippen LogP contribution in [0.5, 0.6) is 17.2 Å². The predicted molar refractivity (Wildman–Crippen MR) is 111 cm³/mol. The Hall–Kier alpha value is -2.77. The summed E-state index contributed by atoms with van der Waals surface area (Å²) < 4.78 is 16.2. The van der Waals surface area contributed by atoms with E-state index in [9.17, 15) is 4.79 Å². The molecule has 29 heavy (non-hydrogen) atoms. The van der Waals surface area contributed by atoms with Gasteiger partial charge in [-0.25, -0.2) is 0 Å². The first-order chi connectivity index (χ1) is 14.1. The van der Waals surface area contributed by atoms with Crippen molar-refractivity contribution in [1.29, 1.82) is 0 Å². The molecule has 1 amide bonds. The maximum absolute atomic E-state index is 12.7. The van der Waals surface area contributed by atoms with Gasteiger partial charge in [0.25, 0.3) is 0 Å². The van der Waals surface area contributed by atoms with Gasteiger partial charge in [-0.1, -0.05) is 18.2 Å². The third kappa shape index (κ3) is 4.46. The molecular weight excluding hydrogens is 370 g/mol. The fourth-order valence-electron chi connectivity index (χ4n) is 3.76. The fraction of sp³-hybridized carbons (Fsp3) is 0.409. The summed E-state index contributed by atoms with van der Waals surface area (Å²) in [4.78, 5) is 17.3. The summed E-state index contributed by atoms with van der Waals surface area (Å²) in [5.74, 6) is 2.29. The number of anilines is 1. The third-order valence-electron chi connectivity index (χ3n) is 5.54. The number of nitrogens with one attached hydrogen (secondary N) is 1. The molecule has 2 heterocycles. The van der Waals surface area contributed by atoms with E-state index in [0.717, 1.165) is 44.2 Å². The van der Waals surface area contributed by atoms with Crippen LogP contribution in [0.2, 0.25) is 0 Å². The number of amides is 1. The van der Waals surface area contributed by atoms with Gasteiger partial charge in [0.2, 0.25) is 12.7 Å². The zero-order valence-corrected chi connectivity index (χ0v) is 16.9. The van der Waals surface area contributed by atoms with Crippen LogP contribution in [0, 0.1) is 0 Å². The summed E-state index contributed by atoms with van der Waals surface area (Å²) in [5, 5.41) is 2.99. The number of carbonyl (C=O) groups excluding carboxylic acids is 1. The molecule has 7 heteroatoms. The lowest BCUT2D eigenvalue weighted by atomic mass is 10.1.